The second kappa shape index (κ2) is 9.40. The van der Waals surface area contributed by atoms with Gasteiger partial charge in [-0.25, -0.2) is 9.97 Å². The number of likely N-dealkylation sites (tertiary alicyclic amines) is 1. The second-order valence-electron chi connectivity index (χ2n) is 10.9. The molecule has 4 aliphatic rings. The Balaban J connectivity index is 1.06. The Labute approximate surface area is 221 Å². The smallest absolute Gasteiger partial charge is 0.270 e. The average molecular weight is 509 g/mol. The van der Waals surface area contributed by atoms with Gasteiger partial charge in [0, 0.05) is 41.4 Å². The number of nitrogens with one attached hydrogen (secondary N) is 4. The Morgan fingerprint density at radius 1 is 1.08 bits per heavy atom. The minimum Gasteiger partial charge on any atom is -0.351 e. The van der Waals surface area contributed by atoms with Crippen molar-refractivity contribution >= 4 is 28.8 Å². The van der Waals surface area contributed by atoms with Gasteiger partial charge < -0.3 is 25.9 Å². The molecule has 1 spiro atoms. The van der Waals surface area contributed by atoms with Crippen LogP contribution in [0.4, 0.5) is 5.82 Å². The van der Waals surface area contributed by atoms with E-state index in [1.54, 1.807) is 6.20 Å². The maximum absolute atomic E-state index is 13.3. The predicted octanol–water partition coefficient (Wildman–Crippen LogP) is 3.81. The zero-order valence-electron chi connectivity index (χ0n) is 21.3. The molecule has 1 aromatic carbocycles. The molecule has 38 heavy (non-hydrogen) atoms. The van der Waals surface area contributed by atoms with Crippen molar-refractivity contribution in [3.63, 3.8) is 0 Å². The molecule has 9 heteroatoms. The largest absolute Gasteiger partial charge is 0.351 e. The van der Waals surface area contributed by atoms with Gasteiger partial charge in [0.05, 0.1) is 12.3 Å². The van der Waals surface area contributed by atoms with E-state index < -0.39 is 0 Å². The standard InChI is InChI=1S/C29H32N8O/c38-28(37-13-8-29(9-14-37)6-11-30-12-7-29)25-16-19-1-2-20(17-24(19)34-25)27-31-10-5-26(35-27)33-22-3-4-23-21(15-22)18-32-36-23/h1-3,5,10,15-18,23,30,34,36H,4,6-9,11-14H2,(H,31,33,35). The van der Waals surface area contributed by atoms with Crippen molar-refractivity contribution in [2.24, 2.45) is 10.5 Å². The SMILES string of the molecule is O=C(c1cc2ccc(-c3nccc(NC4=CCC5NN=CC5=C4)n3)cc2[nH]1)N1CCC2(CCNCC2)CC1. The van der Waals surface area contributed by atoms with Crippen molar-refractivity contribution < 1.29 is 4.79 Å². The number of carbonyl (C=O) groups is 1. The van der Waals surface area contributed by atoms with E-state index in [0.29, 0.717) is 16.9 Å². The van der Waals surface area contributed by atoms with Gasteiger partial charge in [0.25, 0.3) is 5.91 Å². The fourth-order valence-electron chi connectivity index (χ4n) is 6.17. The molecule has 1 atom stereocenters. The van der Waals surface area contributed by atoms with Gasteiger partial charge in [0.1, 0.15) is 11.5 Å². The molecule has 3 aromatic rings. The third kappa shape index (κ3) is 4.36. The van der Waals surface area contributed by atoms with Crippen LogP contribution in [-0.2, 0) is 0 Å². The van der Waals surface area contributed by atoms with Gasteiger partial charge in [0.15, 0.2) is 5.82 Å². The molecule has 9 nitrogen and oxygen atoms in total. The second-order valence-corrected chi connectivity index (χ2v) is 10.9. The van der Waals surface area contributed by atoms with Gasteiger partial charge in [-0.15, -0.1) is 0 Å². The summed E-state index contributed by atoms with van der Waals surface area (Å²) in [6.07, 6.45) is 13.4. The van der Waals surface area contributed by atoms with Gasteiger partial charge in [0.2, 0.25) is 0 Å². The maximum atomic E-state index is 13.3. The van der Waals surface area contributed by atoms with Crippen LogP contribution in [0.15, 0.2) is 65.1 Å². The van der Waals surface area contributed by atoms with Crippen molar-refractivity contribution in [1.29, 1.82) is 0 Å². The van der Waals surface area contributed by atoms with Gasteiger partial charge >= 0.3 is 0 Å². The molecule has 1 amide bonds. The van der Waals surface area contributed by atoms with Crippen molar-refractivity contribution in [2.75, 3.05) is 31.5 Å². The summed E-state index contributed by atoms with van der Waals surface area (Å²) in [7, 11) is 0. The highest BCUT2D eigenvalue weighted by molar-refractivity contribution is 5.98. The lowest BCUT2D eigenvalue weighted by Gasteiger charge is -2.44. The summed E-state index contributed by atoms with van der Waals surface area (Å²) in [5.41, 5.74) is 8.16. The molecule has 2 aromatic heterocycles. The van der Waals surface area contributed by atoms with Gasteiger partial charge in [-0.2, -0.15) is 5.10 Å². The Hall–Kier alpha value is -3.98. The van der Waals surface area contributed by atoms with Crippen LogP contribution in [-0.4, -0.2) is 64.2 Å². The van der Waals surface area contributed by atoms with E-state index in [1.165, 1.54) is 18.4 Å². The summed E-state index contributed by atoms with van der Waals surface area (Å²) >= 11 is 0. The minimum absolute atomic E-state index is 0.0913. The first-order valence-electron chi connectivity index (χ1n) is 13.6. The lowest BCUT2D eigenvalue weighted by Crippen LogP contribution is -2.47. The summed E-state index contributed by atoms with van der Waals surface area (Å²) in [6, 6.07) is 10.2. The normalized spacial score (nSPS) is 22.1. The molecule has 0 saturated carbocycles. The van der Waals surface area contributed by atoms with Crippen LogP contribution in [0.1, 0.15) is 42.6 Å². The summed E-state index contributed by atoms with van der Waals surface area (Å²) < 4.78 is 0. The van der Waals surface area contributed by atoms with Crippen LogP contribution in [0.3, 0.4) is 0 Å². The number of hydrogen-bond donors (Lipinski definition) is 4. The van der Waals surface area contributed by atoms with E-state index in [9.17, 15) is 4.79 Å². The van der Waals surface area contributed by atoms with E-state index in [-0.39, 0.29) is 11.9 Å². The zero-order valence-corrected chi connectivity index (χ0v) is 21.3. The highest BCUT2D eigenvalue weighted by Gasteiger charge is 2.37. The monoisotopic (exact) mass is 508 g/mol. The molecule has 4 N–H and O–H groups in total. The summed E-state index contributed by atoms with van der Waals surface area (Å²) in [4.78, 5) is 28.0. The van der Waals surface area contributed by atoms with Crippen molar-refractivity contribution in [1.82, 2.24) is 30.6 Å². The molecule has 0 bridgehead atoms. The van der Waals surface area contributed by atoms with Crippen molar-refractivity contribution in [3.8, 4) is 11.4 Å². The third-order valence-corrected chi connectivity index (χ3v) is 8.56. The third-order valence-electron chi connectivity index (χ3n) is 8.56. The van der Waals surface area contributed by atoms with Crippen LogP contribution in [0.2, 0.25) is 0 Å². The van der Waals surface area contributed by atoms with Crippen LogP contribution >= 0.6 is 0 Å². The molecular weight excluding hydrogens is 476 g/mol. The molecule has 5 heterocycles. The number of amides is 1. The van der Waals surface area contributed by atoms with E-state index in [2.05, 4.69) is 43.3 Å². The number of benzene rings is 1. The number of rotatable bonds is 4. The lowest BCUT2D eigenvalue weighted by atomic mass is 9.71. The Morgan fingerprint density at radius 3 is 2.82 bits per heavy atom. The van der Waals surface area contributed by atoms with Crippen LogP contribution in [0.25, 0.3) is 22.3 Å². The van der Waals surface area contributed by atoms with E-state index in [4.69, 9.17) is 4.98 Å². The summed E-state index contributed by atoms with van der Waals surface area (Å²) in [5.74, 6) is 1.46. The van der Waals surface area contributed by atoms with Crippen LogP contribution in [0, 0.1) is 5.41 Å². The van der Waals surface area contributed by atoms with Crippen molar-refractivity contribution in [3.05, 3.63) is 65.6 Å². The van der Waals surface area contributed by atoms with Crippen LogP contribution < -0.4 is 16.1 Å². The van der Waals surface area contributed by atoms with Gasteiger partial charge in [-0.05, 0) is 80.5 Å². The number of hydrazone groups is 1. The predicted molar refractivity (Wildman–Crippen MR) is 149 cm³/mol. The molecule has 194 valence electrons. The van der Waals surface area contributed by atoms with Crippen molar-refractivity contribution in [2.45, 2.75) is 38.1 Å². The molecule has 2 saturated heterocycles. The highest BCUT2D eigenvalue weighted by atomic mass is 16.2. The van der Waals surface area contributed by atoms with Gasteiger partial charge in [-0.3, -0.25) is 4.79 Å². The fourth-order valence-corrected chi connectivity index (χ4v) is 6.17. The molecule has 7 rings (SSSR count). The summed E-state index contributed by atoms with van der Waals surface area (Å²) in [5, 5.41) is 12.0. The zero-order chi connectivity index (χ0) is 25.5. The van der Waals surface area contributed by atoms with E-state index in [1.807, 2.05) is 41.4 Å². The number of nitrogens with zero attached hydrogens (tertiary/aromatic N) is 4. The maximum Gasteiger partial charge on any atom is 0.270 e. The topological polar surface area (TPSA) is 110 Å². The number of aromatic nitrogens is 3. The Bertz CT molecular complexity index is 1470. The number of aromatic amines is 1. The molecule has 3 aliphatic heterocycles. The summed E-state index contributed by atoms with van der Waals surface area (Å²) in [6.45, 7) is 3.88. The quantitative estimate of drug-likeness (QED) is 0.427. The lowest BCUT2D eigenvalue weighted by molar-refractivity contribution is 0.0491. The highest BCUT2D eigenvalue weighted by Crippen LogP contribution is 2.39. The fraction of sp³-hybridized carbons (Fsp3) is 0.379. The number of fused-ring (bicyclic) bond motifs is 2. The first-order chi connectivity index (χ1) is 18.6. The molecule has 2 fully saturated rings. The van der Waals surface area contributed by atoms with Crippen LogP contribution in [0.5, 0.6) is 0 Å². The number of allylic oxidation sites excluding steroid dienone is 1. The molecular formula is C29H32N8O. The number of carbonyl (C=O) groups excluding carboxylic acids is 1. The number of hydrogen-bond acceptors (Lipinski definition) is 7. The van der Waals surface area contributed by atoms with E-state index >= 15 is 0 Å². The number of H-pyrrole nitrogens is 1. The first kappa shape index (κ1) is 23.2. The Kier molecular flexibility index (Phi) is 5.73. The molecule has 1 unspecified atom stereocenters. The number of anilines is 1. The molecule has 0 radical (unpaired) electrons. The average Bonchev–Trinajstić information content (AvgIpc) is 3.60. The molecule has 1 aliphatic carbocycles. The minimum atomic E-state index is 0.0913. The number of piperidine rings is 2. The van der Waals surface area contributed by atoms with Gasteiger partial charge in [-0.1, -0.05) is 18.2 Å². The van der Waals surface area contributed by atoms with E-state index in [0.717, 1.165) is 73.4 Å². The Morgan fingerprint density at radius 2 is 1.95 bits per heavy atom. The first-order valence-corrected chi connectivity index (χ1v) is 13.6.